The number of rotatable bonds is 3. The first-order valence-electron chi connectivity index (χ1n) is 6.09. The first-order chi connectivity index (χ1) is 8.74. The molecular weight excluding hydrogens is 250 g/mol. The number of carbonyl (C=O) groups is 1. The number of amides is 1. The number of para-hydroxylation sites is 1. The van der Waals surface area contributed by atoms with Gasteiger partial charge in [0.1, 0.15) is 11.8 Å². The van der Waals surface area contributed by atoms with Gasteiger partial charge in [0.05, 0.1) is 11.1 Å². The summed E-state index contributed by atoms with van der Waals surface area (Å²) in [5.41, 5.74) is 1.11. The molecule has 4 heteroatoms. The lowest BCUT2D eigenvalue weighted by Gasteiger charge is -2.40. The predicted molar refractivity (Wildman–Crippen MR) is 71.0 cm³/mol. The van der Waals surface area contributed by atoms with Gasteiger partial charge in [-0.1, -0.05) is 18.2 Å². The average molecular weight is 264 g/mol. The number of benzene rings is 1. The van der Waals surface area contributed by atoms with Crippen molar-refractivity contribution in [2.24, 2.45) is 0 Å². The maximum Gasteiger partial charge on any atom is 0.255 e. The molecule has 0 radical (unpaired) electrons. The third-order valence-corrected chi connectivity index (χ3v) is 4.18. The maximum atomic E-state index is 12.3. The molecule has 1 aromatic carbocycles. The van der Waals surface area contributed by atoms with Crippen LogP contribution in [-0.4, -0.2) is 17.3 Å². The molecule has 2 aromatic rings. The highest BCUT2D eigenvalue weighted by molar-refractivity contribution is 6.19. The van der Waals surface area contributed by atoms with Crippen molar-refractivity contribution in [2.75, 3.05) is 5.88 Å². The molecule has 1 aromatic heterocycles. The van der Waals surface area contributed by atoms with E-state index >= 15 is 0 Å². The van der Waals surface area contributed by atoms with Gasteiger partial charge >= 0.3 is 0 Å². The Labute approximate surface area is 110 Å². The van der Waals surface area contributed by atoms with E-state index in [-0.39, 0.29) is 11.4 Å². The van der Waals surface area contributed by atoms with Gasteiger partial charge < -0.3 is 9.73 Å². The Morgan fingerprint density at radius 2 is 2.17 bits per heavy atom. The van der Waals surface area contributed by atoms with E-state index in [4.69, 9.17) is 16.0 Å². The molecule has 0 spiro atoms. The largest absolute Gasteiger partial charge is 0.463 e. The van der Waals surface area contributed by atoms with Gasteiger partial charge in [0.25, 0.3) is 5.91 Å². The third kappa shape index (κ3) is 1.79. The fraction of sp³-hybridized carbons (Fsp3) is 0.357. The molecule has 1 saturated carbocycles. The summed E-state index contributed by atoms with van der Waals surface area (Å²) in [6.45, 7) is 0. The molecule has 0 unspecified atom stereocenters. The van der Waals surface area contributed by atoms with Crippen LogP contribution < -0.4 is 5.32 Å². The lowest BCUT2D eigenvalue weighted by molar-refractivity contribution is 0.0854. The van der Waals surface area contributed by atoms with Gasteiger partial charge in [-0.25, -0.2) is 0 Å². The summed E-state index contributed by atoms with van der Waals surface area (Å²) in [5, 5.41) is 3.89. The minimum atomic E-state index is -0.211. The quantitative estimate of drug-likeness (QED) is 0.863. The molecule has 1 aliphatic carbocycles. The zero-order chi connectivity index (χ0) is 12.6. The SMILES string of the molecule is O=C(NC1(CCl)CCC1)c1coc2ccccc12. The Morgan fingerprint density at radius 3 is 2.83 bits per heavy atom. The molecular formula is C14H14ClNO2. The monoisotopic (exact) mass is 263 g/mol. The smallest absolute Gasteiger partial charge is 0.255 e. The van der Waals surface area contributed by atoms with Crippen molar-refractivity contribution in [1.29, 1.82) is 0 Å². The fourth-order valence-corrected chi connectivity index (χ4v) is 2.69. The van der Waals surface area contributed by atoms with Crippen molar-refractivity contribution in [1.82, 2.24) is 5.32 Å². The van der Waals surface area contributed by atoms with Gasteiger partial charge in [-0.2, -0.15) is 0 Å². The van der Waals surface area contributed by atoms with E-state index in [0.29, 0.717) is 11.4 Å². The van der Waals surface area contributed by atoms with Crippen LogP contribution in [0.2, 0.25) is 0 Å². The highest BCUT2D eigenvalue weighted by Gasteiger charge is 2.38. The molecule has 1 fully saturated rings. The molecule has 0 atom stereocenters. The minimum Gasteiger partial charge on any atom is -0.463 e. The number of nitrogens with one attached hydrogen (secondary N) is 1. The lowest BCUT2D eigenvalue weighted by atomic mass is 9.78. The van der Waals surface area contributed by atoms with Gasteiger partial charge in [-0.05, 0) is 25.3 Å². The van der Waals surface area contributed by atoms with Gasteiger partial charge in [0.2, 0.25) is 0 Å². The number of furan rings is 1. The molecule has 3 rings (SSSR count). The van der Waals surface area contributed by atoms with Crippen LogP contribution in [0.1, 0.15) is 29.6 Å². The molecule has 94 valence electrons. The predicted octanol–water partition coefficient (Wildman–Crippen LogP) is 3.32. The Bertz CT molecular complexity index is 581. The van der Waals surface area contributed by atoms with E-state index in [1.165, 1.54) is 6.26 Å². The first kappa shape index (κ1) is 11.6. The van der Waals surface area contributed by atoms with Crippen LogP contribution >= 0.6 is 11.6 Å². The summed E-state index contributed by atoms with van der Waals surface area (Å²) in [5.74, 6) is 0.370. The molecule has 1 amide bonds. The molecule has 1 N–H and O–H groups in total. The van der Waals surface area contributed by atoms with Gasteiger partial charge in [-0.15, -0.1) is 11.6 Å². The van der Waals surface area contributed by atoms with Crippen LogP contribution in [-0.2, 0) is 0 Å². The highest BCUT2D eigenvalue weighted by atomic mass is 35.5. The van der Waals surface area contributed by atoms with Crippen molar-refractivity contribution in [2.45, 2.75) is 24.8 Å². The summed E-state index contributed by atoms with van der Waals surface area (Å²) < 4.78 is 5.38. The summed E-state index contributed by atoms with van der Waals surface area (Å²) in [7, 11) is 0. The second-order valence-corrected chi connectivity index (χ2v) is 5.13. The van der Waals surface area contributed by atoms with Crippen molar-refractivity contribution in [3.8, 4) is 0 Å². The minimum absolute atomic E-state index is 0.0969. The van der Waals surface area contributed by atoms with Crippen LogP contribution in [0.15, 0.2) is 34.9 Å². The van der Waals surface area contributed by atoms with Crippen LogP contribution in [0.5, 0.6) is 0 Å². The Balaban J connectivity index is 1.88. The maximum absolute atomic E-state index is 12.3. The van der Waals surface area contributed by atoms with Crippen LogP contribution in [0.25, 0.3) is 11.0 Å². The number of alkyl halides is 1. The Morgan fingerprint density at radius 1 is 1.39 bits per heavy atom. The molecule has 0 aliphatic heterocycles. The topological polar surface area (TPSA) is 42.2 Å². The number of halogens is 1. The van der Waals surface area contributed by atoms with Crippen LogP contribution in [0, 0.1) is 0 Å². The summed E-state index contributed by atoms with van der Waals surface area (Å²) >= 11 is 5.95. The summed E-state index contributed by atoms with van der Waals surface area (Å²) in [6, 6.07) is 7.53. The van der Waals surface area contributed by atoms with E-state index in [1.807, 2.05) is 24.3 Å². The zero-order valence-corrected chi connectivity index (χ0v) is 10.7. The number of hydrogen-bond acceptors (Lipinski definition) is 2. The average Bonchev–Trinajstić information content (AvgIpc) is 2.77. The van der Waals surface area contributed by atoms with E-state index < -0.39 is 0 Å². The molecule has 1 aliphatic rings. The van der Waals surface area contributed by atoms with E-state index in [1.54, 1.807) is 0 Å². The van der Waals surface area contributed by atoms with Crippen molar-refractivity contribution in [3.05, 3.63) is 36.1 Å². The molecule has 0 saturated heterocycles. The lowest BCUT2D eigenvalue weighted by Crippen LogP contribution is -2.54. The molecule has 0 bridgehead atoms. The number of hydrogen-bond donors (Lipinski definition) is 1. The zero-order valence-electron chi connectivity index (χ0n) is 9.91. The number of carbonyl (C=O) groups excluding carboxylic acids is 1. The third-order valence-electron chi connectivity index (χ3n) is 3.67. The second kappa shape index (κ2) is 4.32. The van der Waals surface area contributed by atoms with E-state index in [2.05, 4.69) is 5.32 Å². The standard InChI is InChI=1S/C14H14ClNO2/c15-9-14(6-3-7-14)16-13(17)11-8-18-12-5-2-1-4-10(11)12/h1-2,4-5,8H,3,6-7,9H2,(H,16,17). The second-order valence-electron chi connectivity index (χ2n) is 4.87. The highest BCUT2D eigenvalue weighted by Crippen LogP contribution is 2.33. The summed E-state index contributed by atoms with van der Waals surface area (Å²) in [6.07, 6.45) is 4.55. The van der Waals surface area contributed by atoms with Gasteiger partial charge in [-0.3, -0.25) is 4.79 Å². The normalized spacial score (nSPS) is 17.4. The fourth-order valence-electron chi connectivity index (χ4n) is 2.36. The molecule has 1 heterocycles. The van der Waals surface area contributed by atoms with Crippen molar-refractivity contribution >= 4 is 28.5 Å². The van der Waals surface area contributed by atoms with Crippen molar-refractivity contribution < 1.29 is 9.21 Å². The number of fused-ring (bicyclic) bond motifs is 1. The van der Waals surface area contributed by atoms with Gasteiger partial charge in [0, 0.05) is 11.3 Å². The Hall–Kier alpha value is -1.48. The molecule has 3 nitrogen and oxygen atoms in total. The van der Waals surface area contributed by atoms with Gasteiger partial charge in [0.15, 0.2) is 0 Å². The van der Waals surface area contributed by atoms with Crippen LogP contribution in [0.4, 0.5) is 0 Å². The van der Waals surface area contributed by atoms with Crippen molar-refractivity contribution in [3.63, 3.8) is 0 Å². The molecule has 18 heavy (non-hydrogen) atoms. The van der Waals surface area contributed by atoms with E-state index in [0.717, 1.165) is 30.2 Å². The summed E-state index contributed by atoms with van der Waals surface area (Å²) in [4.78, 5) is 12.3. The van der Waals surface area contributed by atoms with Crippen LogP contribution in [0.3, 0.4) is 0 Å². The Kier molecular flexibility index (Phi) is 2.78. The first-order valence-corrected chi connectivity index (χ1v) is 6.62. The van der Waals surface area contributed by atoms with E-state index in [9.17, 15) is 4.79 Å².